The van der Waals surface area contributed by atoms with Crippen molar-refractivity contribution < 1.29 is 14.8 Å². The third-order valence-electron chi connectivity index (χ3n) is 3.13. The highest BCUT2D eigenvalue weighted by atomic mass is 79.9. The summed E-state index contributed by atoms with van der Waals surface area (Å²) in [6.45, 7) is 0.0596. The SMILES string of the molecule is O=C(N[C@@H]1C=C[C@H](CO)C1)c1ccc([N+](=O)[O-])cc1Br. The Morgan fingerprint density at radius 3 is 2.80 bits per heavy atom. The third-order valence-corrected chi connectivity index (χ3v) is 3.79. The molecule has 0 bridgehead atoms. The summed E-state index contributed by atoms with van der Waals surface area (Å²) in [5.41, 5.74) is 0.269. The summed E-state index contributed by atoms with van der Waals surface area (Å²) in [5.74, 6) is -0.236. The van der Waals surface area contributed by atoms with Crippen LogP contribution in [-0.2, 0) is 0 Å². The molecule has 1 aliphatic carbocycles. The Kier molecular flexibility index (Phi) is 4.51. The van der Waals surface area contributed by atoms with Gasteiger partial charge in [0.15, 0.2) is 0 Å². The smallest absolute Gasteiger partial charge is 0.270 e. The number of nitrogens with zero attached hydrogens (tertiary/aromatic N) is 1. The zero-order valence-corrected chi connectivity index (χ0v) is 12.0. The Labute approximate surface area is 123 Å². The number of non-ortho nitro benzene ring substituents is 1. The van der Waals surface area contributed by atoms with Crippen molar-refractivity contribution in [3.63, 3.8) is 0 Å². The summed E-state index contributed by atoms with van der Waals surface area (Å²) in [4.78, 5) is 22.2. The van der Waals surface area contributed by atoms with Gasteiger partial charge in [0.05, 0.1) is 10.5 Å². The number of nitro groups is 1. The number of benzene rings is 1. The zero-order valence-electron chi connectivity index (χ0n) is 10.5. The van der Waals surface area contributed by atoms with E-state index in [0.29, 0.717) is 16.5 Å². The molecule has 0 heterocycles. The molecule has 0 fully saturated rings. The monoisotopic (exact) mass is 340 g/mol. The Hall–Kier alpha value is -1.73. The number of aliphatic hydroxyl groups is 1. The summed E-state index contributed by atoms with van der Waals surface area (Å²) in [6, 6.07) is 3.89. The summed E-state index contributed by atoms with van der Waals surface area (Å²) in [7, 11) is 0. The molecule has 0 unspecified atom stereocenters. The number of hydrogen-bond donors (Lipinski definition) is 2. The van der Waals surface area contributed by atoms with Gasteiger partial charge in [0.1, 0.15) is 0 Å². The van der Waals surface area contributed by atoms with Gasteiger partial charge in [-0.15, -0.1) is 0 Å². The van der Waals surface area contributed by atoms with E-state index < -0.39 is 4.92 Å². The lowest BCUT2D eigenvalue weighted by Gasteiger charge is -2.13. The van der Waals surface area contributed by atoms with Crippen molar-refractivity contribution >= 4 is 27.5 Å². The van der Waals surface area contributed by atoms with Crippen LogP contribution in [0.1, 0.15) is 16.8 Å². The minimum Gasteiger partial charge on any atom is -0.396 e. The first-order valence-electron chi connectivity index (χ1n) is 6.05. The van der Waals surface area contributed by atoms with E-state index >= 15 is 0 Å². The first-order valence-corrected chi connectivity index (χ1v) is 6.84. The lowest BCUT2D eigenvalue weighted by molar-refractivity contribution is -0.384. The molecule has 1 aromatic carbocycles. The van der Waals surface area contributed by atoms with Crippen LogP contribution < -0.4 is 5.32 Å². The van der Waals surface area contributed by atoms with E-state index in [1.165, 1.54) is 18.2 Å². The molecular weight excluding hydrogens is 328 g/mol. The van der Waals surface area contributed by atoms with Crippen LogP contribution in [0.3, 0.4) is 0 Å². The number of aliphatic hydroxyl groups excluding tert-OH is 1. The molecule has 1 aromatic rings. The second-order valence-corrected chi connectivity index (χ2v) is 5.42. The minimum absolute atomic E-state index is 0.0596. The van der Waals surface area contributed by atoms with Crippen LogP contribution in [0.4, 0.5) is 5.69 Å². The Bertz CT molecular complexity index is 573. The van der Waals surface area contributed by atoms with E-state index in [1.807, 2.05) is 12.2 Å². The van der Waals surface area contributed by atoms with Crippen LogP contribution in [0, 0.1) is 16.0 Å². The average Bonchev–Trinajstić information content (AvgIpc) is 2.85. The number of rotatable bonds is 4. The third kappa shape index (κ3) is 3.23. The predicted octanol–water partition coefficient (Wildman–Crippen LogP) is 2.02. The highest BCUT2D eigenvalue weighted by molar-refractivity contribution is 9.10. The minimum atomic E-state index is -0.516. The van der Waals surface area contributed by atoms with Crippen molar-refractivity contribution in [2.24, 2.45) is 5.92 Å². The van der Waals surface area contributed by atoms with Gasteiger partial charge in [-0.25, -0.2) is 0 Å². The molecule has 20 heavy (non-hydrogen) atoms. The van der Waals surface area contributed by atoms with Crippen LogP contribution in [-0.4, -0.2) is 28.6 Å². The molecule has 2 rings (SSSR count). The normalized spacial score (nSPS) is 20.9. The van der Waals surface area contributed by atoms with Gasteiger partial charge >= 0.3 is 0 Å². The van der Waals surface area contributed by atoms with Crippen molar-refractivity contribution in [2.45, 2.75) is 12.5 Å². The van der Waals surface area contributed by atoms with Crippen LogP contribution in [0.5, 0.6) is 0 Å². The fraction of sp³-hybridized carbons (Fsp3) is 0.308. The summed E-state index contributed by atoms with van der Waals surface area (Å²) < 4.78 is 0.380. The van der Waals surface area contributed by atoms with Gasteiger partial charge in [-0.05, 0) is 28.4 Å². The van der Waals surface area contributed by atoms with Gasteiger partial charge in [-0.1, -0.05) is 12.2 Å². The second-order valence-electron chi connectivity index (χ2n) is 4.56. The fourth-order valence-corrected chi connectivity index (χ4v) is 2.61. The van der Waals surface area contributed by atoms with E-state index in [9.17, 15) is 14.9 Å². The molecule has 0 saturated heterocycles. The quantitative estimate of drug-likeness (QED) is 0.498. The number of carbonyl (C=O) groups is 1. The van der Waals surface area contributed by atoms with Gasteiger partial charge in [0.25, 0.3) is 11.6 Å². The molecule has 0 saturated carbocycles. The summed E-state index contributed by atoms with van der Waals surface area (Å²) in [5, 5.41) is 22.5. The lowest BCUT2D eigenvalue weighted by Crippen LogP contribution is -2.33. The highest BCUT2D eigenvalue weighted by Gasteiger charge is 2.21. The predicted molar refractivity (Wildman–Crippen MR) is 76.4 cm³/mol. The first kappa shape index (κ1) is 14.7. The van der Waals surface area contributed by atoms with Gasteiger partial charge in [-0.3, -0.25) is 14.9 Å². The molecule has 106 valence electrons. The van der Waals surface area contributed by atoms with Crippen LogP contribution in [0.15, 0.2) is 34.8 Å². The van der Waals surface area contributed by atoms with Gasteiger partial charge < -0.3 is 10.4 Å². The molecule has 0 spiro atoms. The fourth-order valence-electron chi connectivity index (χ4n) is 2.06. The molecule has 1 amide bonds. The van der Waals surface area contributed by atoms with Crippen molar-refractivity contribution in [3.8, 4) is 0 Å². The maximum atomic E-state index is 12.1. The van der Waals surface area contributed by atoms with Crippen LogP contribution in [0.2, 0.25) is 0 Å². The number of carbonyl (C=O) groups excluding carboxylic acids is 1. The van der Waals surface area contributed by atoms with Crippen molar-refractivity contribution in [1.82, 2.24) is 5.32 Å². The van der Waals surface area contributed by atoms with E-state index in [4.69, 9.17) is 5.11 Å². The number of halogens is 1. The highest BCUT2D eigenvalue weighted by Crippen LogP contribution is 2.24. The number of hydrogen-bond acceptors (Lipinski definition) is 4. The van der Waals surface area contributed by atoms with E-state index in [2.05, 4.69) is 21.2 Å². The van der Waals surface area contributed by atoms with Crippen LogP contribution >= 0.6 is 15.9 Å². The molecule has 7 heteroatoms. The molecule has 0 aromatic heterocycles. The maximum Gasteiger partial charge on any atom is 0.270 e. The number of amides is 1. The standard InChI is InChI=1S/C13H13BrN2O4/c14-12-6-10(16(19)20)3-4-11(12)13(18)15-9-2-1-8(5-9)7-17/h1-4,6,8-9,17H,5,7H2,(H,15,18)/t8-,9+/m0/s1. The molecular formula is C13H13BrN2O4. The number of nitrogens with one attached hydrogen (secondary N) is 1. The first-order chi connectivity index (χ1) is 9.51. The summed E-state index contributed by atoms with van der Waals surface area (Å²) >= 11 is 3.17. The Balaban J connectivity index is 2.07. The Morgan fingerprint density at radius 1 is 1.50 bits per heavy atom. The van der Waals surface area contributed by atoms with Gasteiger partial charge in [-0.2, -0.15) is 0 Å². The molecule has 1 aliphatic rings. The zero-order chi connectivity index (χ0) is 14.7. The maximum absolute atomic E-state index is 12.1. The number of nitro benzene ring substituents is 1. The van der Waals surface area contributed by atoms with Crippen molar-refractivity contribution in [2.75, 3.05) is 6.61 Å². The van der Waals surface area contributed by atoms with Gasteiger partial charge in [0, 0.05) is 35.2 Å². The van der Waals surface area contributed by atoms with E-state index in [0.717, 1.165) is 0 Å². The lowest BCUT2D eigenvalue weighted by atomic mass is 10.1. The van der Waals surface area contributed by atoms with E-state index in [1.54, 1.807) is 0 Å². The average molecular weight is 341 g/mol. The second kappa shape index (κ2) is 6.15. The molecule has 2 N–H and O–H groups in total. The topological polar surface area (TPSA) is 92.5 Å². The summed E-state index contributed by atoms with van der Waals surface area (Å²) in [6.07, 6.45) is 4.38. The van der Waals surface area contributed by atoms with Crippen molar-refractivity contribution in [3.05, 3.63) is 50.5 Å². The molecule has 2 atom stereocenters. The largest absolute Gasteiger partial charge is 0.396 e. The van der Waals surface area contributed by atoms with Crippen molar-refractivity contribution in [1.29, 1.82) is 0 Å². The molecule has 0 radical (unpaired) electrons. The Morgan fingerprint density at radius 2 is 2.25 bits per heavy atom. The molecule has 0 aliphatic heterocycles. The van der Waals surface area contributed by atoms with E-state index in [-0.39, 0.29) is 30.2 Å². The molecule has 6 nitrogen and oxygen atoms in total. The van der Waals surface area contributed by atoms with Crippen LogP contribution in [0.25, 0.3) is 0 Å². The van der Waals surface area contributed by atoms with Gasteiger partial charge in [0.2, 0.25) is 0 Å².